The largest absolute Gasteiger partial charge is 0.393 e. The van der Waals surface area contributed by atoms with Crippen LogP contribution in [0.25, 0.3) is 0 Å². The summed E-state index contributed by atoms with van der Waals surface area (Å²) in [5.41, 5.74) is 6.83. The third-order valence-electron chi connectivity index (χ3n) is 3.44. The van der Waals surface area contributed by atoms with Crippen LogP contribution in [-0.2, 0) is 6.54 Å². The highest BCUT2D eigenvalue weighted by molar-refractivity contribution is 5.47. The molecule has 2 rings (SSSR count). The number of nitrogens with zero attached hydrogens (tertiary/aromatic N) is 1. The summed E-state index contributed by atoms with van der Waals surface area (Å²) in [7, 11) is 1.95. The minimum atomic E-state index is -0.245. The zero-order valence-electron chi connectivity index (χ0n) is 10.1. The summed E-state index contributed by atoms with van der Waals surface area (Å²) >= 11 is 0. The van der Waals surface area contributed by atoms with Gasteiger partial charge in [0.15, 0.2) is 0 Å². The van der Waals surface area contributed by atoms with Crippen LogP contribution in [0.1, 0.15) is 18.4 Å². The average molecular weight is 238 g/mol. The molecular formula is C13H19FN2O. The fourth-order valence-electron chi connectivity index (χ4n) is 2.28. The molecular weight excluding hydrogens is 219 g/mol. The fourth-order valence-corrected chi connectivity index (χ4v) is 2.28. The third-order valence-corrected chi connectivity index (χ3v) is 3.44. The molecule has 1 aliphatic rings. The second kappa shape index (κ2) is 5.02. The van der Waals surface area contributed by atoms with E-state index in [0.717, 1.165) is 25.1 Å². The lowest BCUT2D eigenvalue weighted by atomic mass is 9.82. The van der Waals surface area contributed by atoms with Gasteiger partial charge in [-0.25, -0.2) is 4.39 Å². The van der Waals surface area contributed by atoms with Crippen LogP contribution in [0.5, 0.6) is 0 Å². The molecule has 0 heterocycles. The van der Waals surface area contributed by atoms with Crippen molar-refractivity contribution in [3.63, 3.8) is 0 Å². The molecule has 0 radical (unpaired) electrons. The Morgan fingerprint density at radius 1 is 1.47 bits per heavy atom. The first kappa shape index (κ1) is 12.3. The number of hydrogen-bond acceptors (Lipinski definition) is 3. The maximum Gasteiger partial charge on any atom is 0.129 e. The van der Waals surface area contributed by atoms with Crippen LogP contribution in [-0.4, -0.2) is 24.8 Å². The van der Waals surface area contributed by atoms with Crippen LogP contribution in [0.15, 0.2) is 18.2 Å². The predicted octanol–water partition coefficient (Wildman–Crippen LogP) is 1.49. The van der Waals surface area contributed by atoms with Crippen LogP contribution >= 0.6 is 0 Å². The first-order valence-electron chi connectivity index (χ1n) is 5.98. The number of benzene rings is 1. The summed E-state index contributed by atoms with van der Waals surface area (Å²) in [5.74, 6) is 0.276. The standard InChI is InChI=1S/C13H19FN2O/c1-16(8-9-4-12(17)5-9)11-3-2-10(7-15)13(14)6-11/h2-3,6,9,12,17H,4-5,7-8,15H2,1H3. The van der Waals surface area contributed by atoms with E-state index in [4.69, 9.17) is 5.73 Å². The van der Waals surface area contributed by atoms with Gasteiger partial charge >= 0.3 is 0 Å². The van der Waals surface area contributed by atoms with Crippen LogP contribution in [0.3, 0.4) is 0 Å². The van der Waals surface area contributed by atoms with E-state index in [9.17, 15) is 9.50 Å². The first-order chi connectivity index (χ1) is 8.10. The molecule has 1 saturated carbocycles. The van der Waals surface area contributed by atoms with Gasteiger partial charge in [-0.2, -0.15) is 0 Å². The summed E-state index contributed by atoms with van der Waals surface area (Å²) in [6, 6.07) is 5.15. The molecule has 17 heavy (non-hydrogen) atoms. The highest BCUT2D eigenvalue weighted by Crippen LogP contribution is 2.29. The van der Waals surface area contributed by atoms with Crippen molar-refractivity contribution in [1.82, 2.24) is 0 Å². The zero-order chi connectivity index (χ0) is 12.4. The van der Waals surface area contributed by atoms with E-state index in [1.54, 1.807) is 6.07 Å². The van der Waals surface area contributed by atoms with Crippen molar-refractivity contribution in [3.8, 4) is 0 Å². The Kier molecular flexibility index (Phi) is 3.64. The third kappa shape index (κ3) is 2.76. The monoisotopic (exact) mass is 238 g/mol. The lowest BCUT2D eigenvalue weighted by Crippen LogP contribution is -2.37. The molecule has 0 atom stereocenters. The number of aliphatic hydroxyl groups is 1. The van der Waals surface area contributed by atoms with Gasteiger partial charge in [-0.1, -0.05) is 6.07 Å². The van der Waals surface area contributed by atoms with Crippen molar-refractivity contribution in [2.45, 2.75) is 25.5 Å². The van der Waals surface area contributed by atoms with Gasteiger partial charge in [-0.15, -0.1) is 0 Å². The Morgan fingerprint density at radius 3 is 2.71 bits per heavy atom. The molecule has 94 valence electrons. The van der Waals surface area contributed by atoms with E-state index < -0.39 is 0 Å². The second-order valence-electron chi connectivity index (χ2n) is 4.85. The Morgan fingerprint density at radius 2 is 2.18 bits per heavy atom. The number of hydrogen-bond donors (Lipinski definition) is 2. The van der Waals surface area contributed by atoms with Crippen LogP contribution in [0, 0.1) is 11.7 Å². The van der Waals surface area contributed by atoms with Crippen molar-refractivity contribution in [2.75, 3.05) is 18.5 Å². The van der Waals surface area contributed by atoms with Gasteiger partial charge in [0.1, 0.15) is 5.82 Å². The van der Waals surface area contributed by atoms with Gasteiger partial charge in [0.25, 0.3) is 0 Å². The molecule has 1 aromatic rings. The lowest BCUT2D eigenvalue weighted by Gasteiger charge is -2.35. The van der Waals surface area contributed by atoms with E-state index in [1.165, 1.54) is 6.07 Å². The molecule has 1 fully saturated rings. The molecule has 0 aliphatic heterocycles. The summed E-state index contributed by atoms with van der Waals surface area (Å²) < 4.78 is 13.6. The van der Waals surface area contributed by atoms with E-state index >= 15 is 0 Å². The molecule has 0 amide bonds. The highest BCUT2D eigenvalue weighted by atomic mass is 19.1. The zero-order valence-corrected chi connectivity index (χ0v) is 10.1. The molecule has 0 spiro atoms. The normalized spacial score (nSPS) is 23.3. The lowest BCUT2D eigenvalue weighted by molar-refractivity contribution is 0.0465. The quantitative estimate of drug-likeness (QED) is 0.835. The summed E-state index contributed by atoms with van der Waals surface area (Å²) in [4.78, 5) is 2.03. The van der Waals surface area contributed by atoms with Gasteiger partial charge in [0.2, 0.25) is 0 Å². The molecule has 0 unspecified atom stereocenters. The molecule has 0 aromatic heterocycles. The topological polar surface area (TPSA) is 49.5 Å². The smallest absolute Gasteiger partial charge is 0.129 e. The molecule has 0 bridgehead atoms. The molecule has 0 saturated heterocycles. The van der Waals surface area contributed by atoms with Crippen molar-refractivity contribution >= 4 is 5.69 Å². The highest BCUT2D eigenvalue weighted by Gasteiger charge is 2.28. The van der Waals surface area contributed by atoms with E-state index in [-0.39, 0.29) is 18.5 Å². The number of anilines is 1. The first-order valence-corrected chi connectivity index (χ1v) is 5.98. The molecule has 1 aliphatic carbocycles. The van der Waals surface area contributed by atoms with Crippen molar-refractivity contribution in [1.29, 1.82) is 0 Å². The minimum absolute atomic E-state index is 0.134. The van der Waals surface area contributed by atoms with E-state index in [2.05, 4.69) is 0 Å². The maximum absolute atomic E-state index is 13.6. The predicted molar refractivity (Wildman–Crippen MR) is 66.3 cm³/mol. The van der Waals surface area contributed by atoms with E-state index in [0.29, 0.717) is 11.5 Å². The van der Waals surface area contributed by atoms with Gasteiger partial charge in [-0.3, -0.25) is 0 Å². The van der Waals surface area contributed by atoms with Gasteiger partial charge < -0.3 is 15.7 Å². The fraction of sp³-hybridized carbons (Fsp3) is 0.538. The molecule has 4 heteroatoms. The number of aliphatic hydroxyl groups excluding tert-OH is 1. The number of halogens is 1. The summed E-state index contributed by atoms with van der Waals surface area (Å²) in [5, 5.41) is 9.22. The number of rotatable bonds is 4. The van der Waals surface area contributed by atoms with Crippen molar-refractivity contribution < 1.29 is 9.50 Å². The molecule has 1 aromatic carbocycles. The molecule has 3 N–H and O–H groups in total. The van der Waals surface area contributed by atoms with E-state index in [1.807, 2.05) is 18.0 Å². The minimum Gasteiger partial charge on any atom is -0.393 e. The molecule has 3 nitrogen and oxygen atoms in total. The van der Waals surface area contributed by atoms with Crippen molar-refractivity contribution in [3.05, 3.63) is 29.6 Å². The van der Waals surface area contributed by atoms with Crippen molar-refractivity contribution in [2.24, 2.45) is 11.7 Å². The van der Waals surface area contributed by atoms with Gasteiger partial charge in [-0.05, 0) is 30.9 Å². The van der Waals surface area contributed by atoms with Gasteiger partial charge in [0, 0.05) is 31.4 Å². The average Bonchev–Trinajstić information content (AvgIpc) is 2.26. The second-order valence-corrected chi connectivity index (χ2v) is 4.85. The Bertz CT molecular complexity index is 391. The Hall–Kier alpha value is -1.13. The summed E-state index contributed by atoms with van der Waals surface area (Å²) in [6.07, 6.45) is 1.58. The van der Waals surface area contributed by atoms with Gasteiger partial charge in [0.05, 0.1) is 6.10 Å². The summed E-state index contributed by atoms with van der Waals surface area (Å²) in [6.45, 7) is 1.09. The van der Waals surface area contributed by atoms with Crippen LogP contribution in [0.4, 0.5) is 10.1 Å². The van der Waals surface area contributed by atoms with Crippen LogP contribution in [0.2, 0.25) is 0 Å². The Labute approximate surface area is 101 Å². The van der Waals surface area contributed by atoms with Crippen LogP contribution < -0.4 is 10.6 Å². The SMILES string of the molecule is CN(CC1CC(O)C1)c1ccc(CN)c(F)c1. The Balaban J connectivity index is 1.99. The maximum atomic E-state index is 13.6. The number of nitrogens with two attached hydrogens (primary N) is 1.